The van der Waals surface area contributed by atoms with Gasteiger partial charge in [-0.2, -0.15) is 4.98 Å². The molecule has 320 valence electrons. The number of carbonyl (C=O) groups is 3. The standard InChI is InChI=1S/C47H54BrN7O5S/c1-26(28-11-13-30(14-12-28)40-27(2)49-25-61-40)50-42(58)37-22-32(56)23-54(37)44(60)41(46(3,4)5)51-38(57)24-53-19-17-29(18-20-53)31-15-16-35-33(21-31)47(6,7)45-52-43(59)39-34(48)9-8-10-36(39)55(35)45/h8-16,21,25-26,29,32,37,41,56H,17-20,22-24H2,1-7H3,(H,50,58)(H,51,57)/t26-,32+,37-,41+/m0/s1. The number of hydrogen-bond donors (Lipinski definition) is 3. The third kappa shape index (κ3) is 8.19. The summed E-state index contributed by atoms with van der Waals surface area (Å²) in [5.41, 5.74) is 7.65. The number of rotatable bonds is 9. The molecule has 3 amide bonds. The first kappa shape index (κ1) is 42.9. The molecule has 3 aliphatic heterocycles. The molecule has 3 aromatic carbocycles. The van der Waals surface area contributed by atoms with E-state index in [4.69, 9.17) is 0 Å². The van der Waals surface area contributed by atoms with Crippen molar-refractivity contribution in [1.29, 1.82) is 0 Å². The van der Waals surface area contributed by atoms with Crippen molar-refractivity contribution in [2.24, 2.45) is 5.41 Å². The lowest BCUT2D eigenvalue weighted by molar-refractivity contribution is -0.144. The number of aryl methyl sites for hydroxylation is 1. The van der Waals surface area contributed by atoms with E-state index in [-0.39, 0.29) is 48.8 Å². The van der Waals surface area contributed by atoms with Crippen LogP contribution in [-0.4, -0.2) is 91.5 Å². The number of fused-ring (bicyclic) bond motifs is 5. The maximum absolute atomic E-state index is 14.3. The molecule has 3 aliphatic rings. The number of amides is 3. The number of carbonyl (C=O) groups excluding carboxylic acids is 3. The van der Waals surface area contributed by atoms with Gasteiger partial charge in [-0.05, 0) is 121 Å². The Balaban J connectivity index is 0.891. The van der Waals surface area contributed by atoms with Crippen LogP contribution in [0.25, 0.3) is 27.0 Å². The zero-order chi connectivity index (χ0) is 43.5. The molecule has 0 unspecified atom stereocenters. The van der Waals surface area contributed by atoms with E-state index in [0.29, 0.717) is 24.4 Å². The van der Waals surface area contributed by atoms with E-state index in [0.717, 1.165) is 61.6 Å². The lowest BCUT2D eigenvalue weighted by atomic mass is 9.81. The Labute approximate surface area is 368 Å². The first-order valence-corrected chi connectivity index (χ1v) is 22.8. The summed E-state index contributed by atoms with van der Waals surface area (Å²) >= 11 is 5.14. The van der Waals surface area contributed by atoms with E-state index >= 15 is 0 Å². The summed E-state index contributed by atoms with van der Waals surface area (Å²) in [6, 6.07) is 18.3. The molecule has 4 atom stereocenters. The number of aliphatic hydroxyl groups is 1. The van der Waals surface area contributed by atoms with E-state index in [2.05, 4.69) is 78.0 Å². The van der Waals surface area contributed by atoms with Gasteiger partial charge in [0.05, 0.1) is 56.8 Å². The lowest BCUT2D eigenvalue weighted by Crippen LogP contribution is -2.59. The molecule has 0 bridgehead atoms. The highest BCUT2D eigenvalue weighted by Crippen LogP contribution is 2.45. The van der Waals surface area contributed by atoms with Crippen molar-refractivity contribution >= 4 is 55.9 Å². The highest BCUT2D eigenvalue weighted by atomic mass is 79.9. The highest BCUT2D eigenvalue weighted by Gasteiger charge is 2.45. The average Bonchev–Trinajstić information content (AvgIpc) is 3.90. The van der Waals surface area contributed by atoms with Crippen molar-refractivity contribution in [2.75, 3.05) is 26.2 Å². The third-order valence-electron chi connectivity index (χ3n) is 12.8. The monoisotopic (exact) mass is 907 g/mol. The Hall–Kier alpha value is -4.76. The molecular weight excluding hydrogens is 855 g/mol. The predicted octanol–water partition coefficient (Wildman–Crippen LogP) is 6.77. The average molecular weight is 909 g/mol. The van der Waals surface area contributed by atoms with Crippen LogP contribution in [-0.2, 0) is 19.8 Å². The predicted molar refractivity (Wildman–Crippen MR) is 242 cm³/mol. The van der Waals surface area contributed by atoms with Crippen LogP contribution in [0.5, 0.6) is 0 Å². The number of aromatic nitrogens is 3. The molecule has 14 heteroatoms. The van der Waals surface area contributed by atoms with Gasteiger partial charge < -0.3 is 20.6 Å². The number of benzene rings is 3. The van der Waals surface area contributed by atoms with Crippen molar-refractivity contribution in [3.8, 4) is 16.1 Å². The molecule has 2 saturated heterocycles. The molecule has 5 heterocycles. The van der Waals surface area contributed by atoms with Crippen molar-refractivity contribution < 1.29 is 19.5 Å². The fraction of sp³-hybridized carbons (Fsp3) is 0.447. The molecule has 3 N–H and O–H groups in total. The summed E-state index contributed by atoms with van der Waals surface area (Å²) in [5.74, 6) is 0.0582. The summed E-state index contributed by atoms with van der Waals surface area (Å²) in [4.78, 5) is 68.5. The highest BCUT2D eigenvalue weighted by molar-refractivity contribution is 9.10. The van der Waals surface area contributed by atoms with Crippen LogP contribution in [0.3, 0.4) is 0 Å². The SMILES string of the molecule is Cc1ncsc1-c1ccc([C@H](C)NC(=O)[C@@H]2C[C@@H](O)CN2C(=O)[C@@H](NC(=O)CN2CCC(c3ccc4c(c3)C(C)(C)c3nc(=O)c5c(Br)cccc5n3-4)CC2)C(C)(C)C)cc1. The van der Waals surface area contributed by atoms with Gasteiger partial charge in [0.2, 0.25) is 17.7 Å². The Kier molecular flexibility index (Phi) is 11.6. The quantitative estimate of drug-likeness (QED) is 0.147. The van der Waals surface area contributed by atoms with Gasteiger partial charge in [0, 0.05) is 17.4 Å². The maximum Gasteiger partial charge on any atom is 0.281 e. The Morgan fingerprint density at radius 2 is 1.75 bits per heavy atom. The molecule has 0 saturated carbocycles. The second kappa shape index (κ2) is 16.5. The van der Waals surface area contributed by atoms with Crippen molar-refractivity contribution in [1.82, 2.24) is 35.0 Å². The van der Waals surface area contributed by atoms with Gasteiger partial charge in [-0.3, -0.25) is 28.6 Å². The van der Waals surface area contributed by atoms with Crippen LogP contribution in [0.4, 0.5) is 0 Å². The minimum atomic E-state index is -0.902. The number of halogens is 1. The Morgan fingerprint density at radius 1 is 1.03 bits per heavy atom. The summed E-state index contributed by atoms with van der Waals surface area (Å²) < 4.78 is 2.85. The number of aliphatic hydroxyl groups excluding tert-OH is 1. The summed E-state index contributed by atoms with van der Waals surface area (Å²) in [6.07, 6.45) is 0.992. The number of nitrogens with zero attached hydrogens (tertiary/aromatic N) is 5. The minimum Gasteiger partial charge on any atom is -0.391 e. The van der Waals surface area contributed by atoms with Crippen LogP contribution < -0.4 is 16.2 Å². The van der Waals surface area contributed by atoms with Gasteiger partial charge in [0.1, 0.15) is 17.9 Å². The van der Waals surface area contributed by atoms with Crippen molar-refractivity contribution in [3.05, 3.63) is 109 Å². The first-order valence-electron chi connectivity index (χ1n) is 21.1. The second-order valence-electron chi connectivity index (χ2n) is 18.5. The fourth-order valence-corrected chi connectivity index (χ4v) is 10.7. The van der Waals surface area contributed by atoms with Crippen LogP contribution >= 0.6 is 27.3 Å². The maximum atomic E-state index is 14.3. The summed E-state index contributed by atoms with van der Waals surface area (Å²) in [7, 11) is 0. The van der Waals surface area contributed by atoms with Crippen LogP contribution in [0, 0.1) is 12.3 Å². The molecule has 0 spiro atoms. The lowest BCUT2D eigenvalue weighted by Gasteiger charge is -2.36. The van der Waals surface area contributed by atoms with E-state index in [1.54, 1.807) is 11.3 Å². The Morgan fingerprint density at radius 3 is 2.43 bits per heavy atom. The first-order chi connectivity index (χ1) is 28.9. The minimum absolute atomic E-state index is 0.0133. The molecule has 0 radical (unpaired) electrons. The van der Waals surface area contributed by atoms with E-state index < -0.39 is 29.0 Å². The van der Waals surface area contributed by atoms with Gasteiger partial charge in [-0.1, -0.05) is 63.2 Å². The molecule has 0 aliphatic carbocycles. The smallest absolute Gasteiger partial charge is 0.281 e. The second-order valence-corrected chi connectivity index (χ2v) is 20.3. The number of hydrogen-bond acceptors (Lipinski definition) is 9. The number of thiazole rings is 1. The molecule has 61 heavy (non-hydrogen) atoms. The topological polar surface area (TPSA) is 150 Å². The molecule has 5 aromatic rings. The molecule has 2 fully saturated rings. The molecule has 8 rings (SSSR count). The molecule has 2 aromatic heterocycles. The Bertz CT molecular complexity index is 2570. The van der Waals surface area contributed by atoms with E-state index in [9.17, 15) is 24.3 Å². The van der Waals surface area contributed by atoms with Gasteiger partial charge in [0.25, 0.3) is 5.56 Å². The summed E-state index contributed by atoms with van der Waals surface area (Å²) in [5, 5.41) is 17.4. The number of nitrogens with one attached hydrogen (secondary N) is 2. The van der Waals surface area contributed by atoms with Crippen LogP contribution in [0.15, 0.2) is 75.4 Å². The normalized spacial score (nSPS) is 20.0. The third-order valence-corrected chi connectivity index (χ3v) is 14.5. The largest absolute Gasteiger partial charge is 0.391 e. The fourth-order valence-electron chi connectivity index (χ4n) is 9.36. The van der Waals surface area contributed by atoms with Crippen molar-refractivity contribution in [3.63, 3.8) is 0 Å². The number of likely N-dealkylation sites (tertiary alicyclic amines) is 2. The van der Waals surface area contributed by atoms with Gasteiger partial charge in [-0.15, -0.1) is 11.3 Å². The van der Waals surface area contributed by atoms with Crippen LogP contribution in [0.1, 0.15) is 101 Å². The van der Waals surface area contributed by atoms with E-state index in [1.807, 2.05) is 82.6 Å². The summed E-state index contributed by atoms with van der Waals surface area (Å²) in [6.45, 7) is 15.4. The van der Waals surface area contributed by atoms with Crippen LogP contribution in [0.2, 0.25) is 0 Å². The zero-order valence-electron chi connectivity index (χ0n) is 35.8. The van der Waals surface area contributed by atoms with Crippen molar-refractivity contribution in [2.45, 2.75) is 103 Å². The van der Waals surface area contributed by atoms with E-state index in [1.165, 1.54) is 10.5 Å². The van der Waals surface area contributed by atoms with Gasteiger partial charge >= 0.3 is 0 Å². The van der Waals surface area contributed by atoms with Gasteiger partial charge in [-0.25, -0.2) is 4.98 Å². The van der Waals surface area contributed by atoms with Gasteiger partial charge in [0.15, 0.2) is 0 Å². The zero-order valence-corrected chi connectivity index (χ0v) is 38.2. The number of piperidine rings is 1. The molecular formula is C47H54BrN7O5S. The number of β-amino-alcohol motifs (C(OH)–C–C–N with tert-alkyl or cyclic N) is 1. The molecule has 12 nitrogen and oxygen atoms in total.